The second-order valence-corrected chi connectivity index (χ2v) is 4.64. The molecule has 0 amide bonds. The Labute approximate surface area is 99.9 Å². The first-order chi connectivity index (χ1) is 8.19. The van der Waals surface area contributed by atoms with Gasteiger partial charge in [0, 0.05) is 24.8 Å². The number of aliphatic hydroxyl groups is 1. The highest BCUT2D eigenvalue weighted by molar-refractivity contribution is 5.18. The van der Waals surface area contributed by atoms with E-state index in [-0.39, 0.29) is 6.61 Å². The van der Waals surface area contributed by atoms with Gasteiger partial charge in [0.2, 0.25) is 0 Å². The van der Waals surface area contributed by atoms with Gasteiger partial charge in [-0.05, 0) is 37.9 Å². The fraction of sp³-hybridized carbons (Fsp3) is 0.538. The Morgan fingerprint density at radius 3 is 2.53 bits per heavy atom. The van der Waals surface area contributed by atoms with E-state index >= 15 is 0 Å². The van der Waals surface area contributed by atoms with E-state index in [4.69, 9.17) is 5.11 Å². The monoisotopic (exact) mass is 241 g/mol. The highest BCUT2D eigenvalue weighted by Gasteiger charge is 2.19. The first-order valence-electron chi connectivity index (χ1n) is 5.96. The number of hydrogen-bond donors (Lipinski definition) is 1. The second kappa shape index (κ2) is 5.56. The van der Waals surface area contributed by atoms with Crippen molar-refractivity contribution in [2.45, 2.75) is 19.4 Å². The minimum Gasteiger partial charge on any atom is -0.396 e. The Balaban J connectivity index is 1.93. The van der Waals surface area contributed by atoms with E-state index in [1.807, 2.05) is 0 Å². The van der Waals surface area contributed by atoms with Gasteiger partial charge >= 0.3 is 0 Å². The summed E-state index contributed by atoms with van der Waals surface area (Å²) in [6, 6.07) is 3.72. The van der Waals surface area contributed by atoms with Crippen LogP contribution in [-0.4, -0.2) is 29.7 Å². The molecule has 0 unspecified atom stereocenters. The normalized spacial score (nSPS) is 18.5. The molecule has 94 valence electrons. The lowest BCUT2D eigenvalue weighted by Crippen LogP contribution is -2.34. The lowest BCUT2D eigenvalue weighted by molar-refractivity contribution is 0.126. The minimum atomic E-state index is -0.537. The van der Waals surface area contributed by atoms with Gasteiger partial charge in [-0.3, -0.25) is 4.90 Å². The van der Waals surface area contributed by atoms with Gasteiger partial charge in [0.05, 0.1) is 0 Å². The molecule has 4 heteroatoms. The lowest BCUT2D eigenvalue weighted by Gasteiger charge is -2.31. The first-order valence-corrected chi connectivity index (χ1v) is 5.96. The predicted octanol–water partition coefficient (Wildman–Crippen LogP) is 2.17. The molecule has 0 atom stereocenters. The molecule has 1 aromatic rings. The molecule has 1 heterocycles. The van der Waals surface area contributed by atoms with Crippen molar-refractivity contribution in [3.63, 3.8) is 0 Å². The van der Waals surface area contributed by atoms with Gasteiger partial charge in [-0.15, -0.1) is 0 Å². The zero-order valence-corrected chi connectivity index (χ0v) is 9.70. The smallest absolute Gasteiger partial charge is 0.130 e. The number of benzene rings is 1. The van der Waals surface area contributed by atoms with Gasteiger partial charge in [-0.25, -0.2) is 8.78 Å². The maximum Gasteiger partial charge on any atom is 0.130 e. The molecule has 0 spiro atoms. The van der Waals surface area contributed by atoms with Crippen LogP contribution in [0.2, 0.25) is 0 Å². The number of hydrogen-bond acceptors (Lipinski definition) is 2. The highest BCUT2D eigenvalue weighted by Crippen LogP contribution is 2.19. The summed E-state index contributed by atoms with van der Waals surface area (Å²) in [5, 5.41) is 9.02. The summed E-state index contributed by atoms with van der Waals surface area (Å²) in [7, 11) is 0. The van der Waals surface area contributed by atoms with Crippen molar-refractivity contribution in [3.05, 3.63) is 35.4 Å². The average molecular weight is 241 g/mol. The van der Waals surface area contributed by atoms with Crippen LogP contribution >= 0.6 is 0 Å². The fourth-order valence-corrected chi connectivity index (χ4v) is 2.22. The molecule has 1 aliphatic heterocycles. The van der Waals surface area contributed by atoms with Crippen molar-refractivity contribution in [2.75, 3.05) is 19.7 Å². The number of aliphatic hydroxyl groups excluding tert-OH is 1. The van der Waals surface area contributed by atoms with E-state index in [1.165, 1.54) is 12.1 Å². The summed E-state index contributed by atoms with van der Waals surface area (Å²) < 4.78 is 26.2. The third-order valence-corrected chi connectivity index (χ3v) is 3.37. The number of nitrogens with zero attached hydrogens (tertiary/aromatic N) is 1. The van der Waals surface area contributed by atoms with Crippen LogP contribution < -0.4 is 0 Å². The van der Waals surface area contributed by atoms with Gasteiger partial charge in [0.1, 0.15) is 11.6 Å². The summed E-state index contributed by atoms with van der Waals surface area (Å²) in [5.74, 6) is -0.635. The number of halogens is 2. The minimum absolute atomic E-state index is 0.235. The van der Waals surface area contributed by atoms with Gasteiger partial charge in [0.15, 0.2) is 0 Å². The fourth-order valence-electron chi connectivity index (χ4n) is 2.22. The van der Waals surface area contributed by atoms with Crippen LogP contribution in [0.3, 0.4) is 0 Å². The third-order valence-electron chi connectivity index (χ3n) is 3.37. The van der Waals surface area contributed by atoms with E-state index in [0.717, 1.165) is 32.0 Å². The Bertz CT molecular complexity index is 376. The zero-order valence-electron chi connectivity index (χ0n) is 9.70. The lowest BCUT2D eigenvalue weighted by atomic mass is 9.97. The molecule has 1 aliphatic rings. The van der Waals surface area contributed by atoms with Crippen LogP contribution in [-0.2, 0) is 6.54 Å². The summed E-state index contributed by atoms with van der Waals surface area (Å²) in [4.78, 5) is 2.14. The molecule has 1 N–H and O–H groups in total. The van der Waals surface area contributed by atoms with Gasteiger partial charge in [-0.2, -0.15) is 0 Å². The Hall–Kier alpha value is -1.00. The number of piperidine rings is 1. The molecular formula is C13H17F2NO. The van der Waals surface area contributed by atoms with E-state index in [9.17, 15) is 8.78 Å². The predicted molar refractivity (Wildman–Crippen MR) is 61.4 cm³/mol. The quantitative estimate of drug-likeness (QED) is 0.876. The van der Waals surface area contributed by atoms with Crippen molar-refractivity contribution in [2.24, 2.45) is 5.92 Å². The maximum atomic E-state index is 13.4. The van der Waals surface area contributed by atoms with Crippen LogP contribution in [0.15, 0.2) is 18.2 Å². The van der Waals surface area contributed by atoms with E-state index < -0.39 is 11.6 Å². The maximum absolute atomic E-state index is 13.4. The standard InChI is InChI=1S/C13H17F2NO/c14-12-2-1-11(13(15)7-12)8-16-5-3-10(9-17)4-6-16/h1-2,7,10,17H,3-6,8-9H2. The van der Waals surface area contributed by atoms with Crippen LogP contribution in [0.5, 0.6) is 0 Å². The SMILES string of the molecule is OCC1CCN(Cc2ccc(F)cc2F)CC1. The van der Waals surface area contributed by atoms with Crippen molar-refractivity contribution >= 4 is 0 Å². The van der Waals surface area contributed by atoms with E-state index in [1.54, 1.807) is 0 Å². The summed E-state index contributed by atoms with van der Waals surface area (Å²) in [5.41, 5.74) is 0.536. The average Bonchev–Trinajstić information content (AvgIpc) is 2.34. The molecule has 1 aromatic carbocycles. The summed E-state index contributed by atoms with van der Waals surface area (Å²) >= 11 is 0. The Morgan fingerprint density at radius 2 is 1.94 bits per heavy atom. The van der Waals surface area contributed by atoms with Crippen molar-refractivity contribution in [1.82, 2.24) is 4.90 Å². The third kappa shape index (κ3) is 3.23. The zero-order chi connectivity index (χ0) is 12.3. The van der Waals surface area contributed by atoms with Crippen LogP contribution in [0.1, 0.15) is 18.4 Å². The van der Waals surface area contributed by atoms with Crippen LogP contribution in [0.4, 0.5) is 8.78 Å². The molecule has 2 rings (SSSR count). The van der Waals surface area contributed by atoms with Gasteiger partial charge in [0.25, 0.3) is 0 Å². The Morgan fingerprint density at radius 1 is 1.24 bits per heavy atom. The number of rotatable bonds is 3. The van der Waals surface area contributed by atoms with Crippen LogP contribution in [0.25, 0.3) is 0 Å². The number of likely N-dealkylation sites (tertiary alicyclic amines) is 1. The molecule has 0 radical (unpaired) electrons. The molecule has 0 bridgehead atoms. The highest BCUT2D eigenvalue weighted by atomic mass is 19.1. The molecule has 1 fully saturated rings. The topological polar surface area (TPSA) is 23.5 Å². The van der Waals surface area contributed by atoms with Crippen LogP contribution in [0, 0.1) is 17.6 Å². The van der Waals surface area contributed by atoms with E-state index in [2.05, 4.69) is 4.90 Å². The van der Waals surface area contributed by atoms with Crippen molar-refractivity contribution in [3.8, 4) is 0 Å². The largest absolute Gasteiger partial charge is 0.396 e. The van der Waals surface area contributed by atoms with Crippen molar-refractivity contribution in [1.29, 1.82) is 0 Å². The molecule has 17 heavy (non-hydrogen) atoms. The molecular weight excluding hydrogens is 224 g/mol. The molecule has 2 nitrogen and oxygen atoms in total. The van der Waals surface area contributed by atoms with Crippen molar-refractivity contribution < 1.29 is 13.9 Å². The van der Waals surface area contributed by atoms with Gasteiger partial charge < -0.3 is 5.11 Å². The molecule has 1 saturated heterocycles. The second-order valence-electron chi connectivity index (χ2n) is 4.64. The Kier molecular flexibility index (Phi) is 4.07. The van der Waals surface area contributed by atoms with E-state index in [0.29, 0.717) is 18.0 Å². The molecule has 0 aromatic heterocycles. The summed E-state index contributed by atoms with van der Waals surface area (Å²) in [6.45, 7) is 2.48. The summed E-state index contributed by atoms with van der Waals surface area (Å²) in [6.07, 6.45) is 1.89. The van der Waals surface area contributed by atoms with Gasteiger partial charge in [-0.1, -0.05) is 6.07 Å². The molecule has 0 saturated carbocycles. The first kappa shape index (κ1) is 12.5. The molecule has 0 aliphatic carbocycles.